The number of aromatic nitrogens is 2. The van der Waals surface area contributed by atoms with Crippen molar-refractivity contribution in [2.24, 2.45) is 0 Å². The smallest absolute Gasteiger partial charge is 0.145 e. The fourth-order valence-corrected chi connectivity index (χ4v) is 4.85. The van der Waals surface area contributed by atoms with E-state index >= 15 is 0 Å². The third-order valence-electron chi connectivity index (χ3n) is 5.90. The molecule has 0 saturated carbocycles. The fraction of sp³-hybridized carbons (Fsp3) is 0. The van der Waals surface area contributed by atoms with Crippen molar-refractivity contribution in [1.29, 1.82) is 0 Å². The van der Waals surface area contributed by atoms with Gasteiger partial charge in [-0.3, -0.25) is 4.57 Å². The molecule has 2 nitrogen and oxygen atoms in total. The summed E-state index contributed by atoms with van der Waals surface area (Å²) < 4.78 is 3.35. The monoisotopic (exact) mass is 474 g/mol. The summed E-state index contributed by atoms with van der Waals surface area (Å²) in [6, 6.07) is 40.3. The Bertz CT molecular complexity index is 1560. The second-order valence-electron chi connectivity index (χ2n) is 7.81. The van der Waals surface area contributed by atoms with Gasteiger partial charge in [0.25, 0.3) is 0 Å². The van der Waals surface area contributed by atoms with Gasteiger partial charge in [0.15, 0.2) is 0 Å². The maximum absolute atomic E-state index is 4.98. The van der Waals surface area contributed by atoms with Crippen LogP contribution in [0.15, 0.2) is 120 Å². The number of imidazole rings is 1. The molecule has 152 valence electrons. The number of rotatable bonds is 3. The predicted molar refractivity (Wildman–Crippen MR) is 137 cm³/mol. The Hall–Kier alpha value is -3.69. The van der Waals surface area contributed by atoms with Crippen LogP contribution in [0.3, 0.4) is 0 Å². The molecule has 32 heavy (non-hydrogen) atoms. The molecule has 0 aliphatic rings. The highest BCUT2D eigenvalue weighted by molar-refractivity contribution is 9.10. The van der Waals surface area contributed by atoms with Gasteiger partial charge in [0, 0.05) is 15.7 Å². The minimum atomic E-state index is 0.949. The molecule has 0 aliphatic heterocycles. The highest BCUT2D eigenvalue weighted by Crippen LogP contribution is 2.35. The first kappa shape index (κ1) is 19.0. The van der Waals surface area contributed by atoms with Crippen LogP contribution in [0.25, 0.3) is 50.0 Å². The summed E-state index contributed by atoms with van der Waals surface area (Å²) in [6.45, 7) is 0. The number of para-hydroxylation sites is 3. The van der Waals surface area contributed by atoms with Gasteiger partial charge in [0.2, 0.25) is 0 Å². The van der Waals surface area contributed by atoms with E-state index in [1.807, 2.05) is 12.1 Å². The Morgan fingerprint density at radius 3 is 2.03 bits per heavy atom. The lowest BCUT2D eigenvalue weighted by atomic mass is 9.97. The second kappa shape index (κ2) is 7.77. The average molecular weight is 475 g/mol. The number of fused-ring (bicyclic) bond motifs is 2. The van der Waals surface area contributed by atoms with Crippen LogP contribution in [-0.4, -0.2) is 9.55 Å². The summed E-state index contributed by atoms with van der Waals surface area (Å²) >= 11 is 3.68. The molecule has 0 radical (unpaired) electrons. The zero-order chi connectivity index (χ0) is 21.5. The lowest BCUT2D eigenvalue weighted by Crippen LogP contribution is -1.97. The summed E-state index contributed by atoms with van der Waals surface area (Å²) in [4.78, 5) is 4.98. The molecular weight excluding hydrogens is 456 g/mol. The molecule has 3 heteroatoms. The average Bonchev–Trinajstić information content (AvgIpc) is 3.25. The molecule has 5 aromatic carbocycles. The normalized spacial score (nSPS) is 11.3. The van der Waals surface area contributed by atoms with Crippen LogP contribution in [0, 0.1) is 0 Å². The van der Waals surface area contributed by atoms with Crippen molar-refractivity contribution < 1.29 is 0 Å². The van der Waals surface area contributed by atoms with E-state index in [0.717, 1.165) is 32.6 Å². The van der Waals surface area contributed by atoms with E-state index in [2.05, 4.69) is 124 Å². The third-order valence-corrected chi connectivity index (χ3v) is 6.59. The van der Waals surface area contributed by atoms with E-state index in [1.54, 1.807) is 0 Å². The Labute approximate surface area is 194 Å². The van der Waals surface area contributed by atoms with Crippen molar-refractivity contribution in [3.63, 3.8) is 0 Å². The first-order valence-corrected chi connectivity index (χ1v) is 11.4. The minimum Gasteiger partial charge on any atom is -0.292 e. The third kappa shape index (κ3) is 3.14. The molecule has 6 rings (SSSR count). The largest absolute Gasteiger partial charge is 0.292 e. The lowest BCUT2D eigenvalue weighted by molar-refractivity contribution is 1.10. The van der Waals surface area contributed by atoms with E-state index < -0.39 is 0 Å². The quantitative estimate of drug-likeness (QED) is 0.252. The first-order valence-electron chi connectivity index (χ1n) is 10.6. The Morgan fingerprint density at radius 2 is 1.22 bits per heavy atom. The van der Waals surface area contributed by atoms with Gasteiger partial charge in [-0.15, -0.1) is 0 Å². The van der Waals surface area contributed by atoms with Crippen molar-refractivity contribution in [2.45, 2.75) is 0 Å². The predicted octanol–water partition coefficient (Wildman–Crippen LogP) is 8.28. The Balaban J connectivity index is 1.50. The molecule has 6 aromatic rings. The van der Waals surface area contributed by atoms with Gasteiger partial charge >= 0.3 is 0 Å². The van der Waals surface area contributed by atoms with E-state index in [4.69, 9.17) is 4.98 Å². The van der Waals surface area contributed by atoms with Crippen molar-refractivity contribution in [3.8, 4) is 28.2 Å². The van der Waals surface area contributed by atoms with Gasteiger partial charge in [-0.2, -0.15) is 0 Å². The van der Waals surface area contributed by atoms with Crippen molar-refractivity contribution in [3.05, 3.63) is 120 Å². The molecule has 1 heterocycles. The number of nitrogens with zero attached hydrogens (tertiary/aromatic N) is 2. The van der Waals surface area contributed by atoms with E-state index in [9.17, 15) is 0 Å². The lowest BCUT2D eigenvalue weighted by Gasteiger charge is -2.11. The van der Waals surface area contributed by atoms with Gasteiger partial charge in [-0.25, -0.2) is 4.98 Å². The molecule has 0 bridgehead atoms. The summed E-state index contributed by atoms with van der Waals surface area (Å²) in [5.41, 5.74) is 6.73. The summed E-state index contributed by atoms with van der Waals surface area (Å²) in [5, 5.41) is 2.46. The van der Waals surface area contributed by atoms with Crippen LogP contribution >= 0.6 is 15.9 Å². The molecule has 1 aromatic heterocycles. The molecular formula is C29H19BrN2. The van der Waals surface area contributed by atoms with Crippen LogP contribution in [0.4, 0.5) is 0 Å². The van der Waals surface area contributed by atoms with E-state index in [0.29, 0.717) is 0 Å². The van der Waals surface area contributed by atoms with E-state index in [-0.39, 0.29) is 0 Å². The van der Waals surface area contributed by atoms with Gasteiger partial charge in [0.1, 0.15) is 5.82 Å². The minimum absolute atomic E-state index is 0.949. The Morgan fingerprint density at radius 1 is 0.562 bits per heavy atom. The summed E-state index contributed by atoms with van der Waals surface area (Å²) in [5.74, 6) is 0.949. The molecule has 0 amide bonds. The SMILES string of the molecule is Brc1ccc(-c2ccc(-c3nc4ccccc4n3-c3ccccc3)cc2)c2ccccc12. The van der Waals surface area contributed by atoms with Crippen LogP contribution in [-0.2, 0) is 0 Å². The van der Waals surface area contributed by atoms with Crippen molar-refractivity contribution in [1.82, 2.24) is 9.55 Å². The number of benzene rings is 5. The van der Waals surface area contributed by atoms with E-state index in [1.165, 1.54) is 21.9 Å². The number of halogens is 1. The molecule has 0 aliphatic carbocycles. The number of hydrogen-bond donors (Lipinski definition) is 0. The van der Waals surface area contributed by atoms with Crippen LogP contribution in [0.2, 0.25) is 0 Å². The zero-order valence-electron chi connectivity index (χ0n) is 17.2. The number of hydrogen-bond acceptors (Lipinski definition) is 1. The molecule has 0 atom stereocenters. The highest BCUT2D eigenvalue weighted by atomic mass is 79.9. The first-order chi connectivity index (χ1) is 15.8. The molecule has 0 saturated heterocycles. The van der Waals surface area contributed by atoms with Gasteiger partial charge in [-0.1, -0.05) is 101 Å². The molecule has 0 N–H and O–H groups in total. The molecule has 0 unspecified atom stereocenters. The van der Waals surface area contributed by atoms with Crippen molar-refractivity contribution >= 4 is 37.7 Å². The summed E-state index contributed by atoms with van der Waals surface area (Å²) in [6.07, 6.45) is 0. The van der Waals surface area contributed by atoms with Gasteiger partial charge < -0.3 is 0 Å². The standard InChI is InChI=1S/C29H19BrN2/c30-26-19-18-23(24-10-4-5-11-25(24)26)20-14-16-21(17-15-20)29-31-27-12-6-7-13-28(27)32(29)22-8-2-1-3-9-22/h1-19H. The maximum Gasteiger partial charge on any atom is 0.145 e. The Kier molecular flexibility index (Phi) is 4.62. The molecule has 0 fully saturated rings. The topological polar surface area (TPSA) is 17.8 Å². The van der Waals surface area contributed by atoms with Gasteiger partial charge in [-0.05, 0) is 52.2 Å². The van der Waals surface area contributed by atoms with Crippen molar-refractivity contribution in [2.75, 3.05) is 0 Å². The van der Waals surface area contributed by atoms with Gasteiger partial charge in [0.05, 0.1) is 11.0 Å². The second-order valence-corrected chi connectivity index (χ2v) is 8.67. The van der Waals surface area contributed by atoms with Crippen LogP contribution in [0.5, 0.6) is 0 Å². The zero-order valence-corrected chi connectivity index (χ0v) is 18.8. The maximum atomic E-state index is 4.98. The summed E-state index contributed by atoms with van der Waals surface area (Å²) in [7, 11) is 0. The highest BCUT2D eigenvalue weighted by Gasteiger charge is 2.14. The van der Waals surface area contributed by atoms with Crippen LogP contribution in [0.1, 0.15) is 0 Å². The fourth-order valence-electron chi connectivity index (χ4n) is 4.37. The van der Waals surface area contributed by atoms with Crippen LogP contribution < -0.4 is 0 Å². The molecule has 0 spiro atoms.